The number of hydrogen-bond donors (Lipinski definition) is 1. The number of carbonyl (C=O) groups excluding carboxylic acids is 2. The maximum absolute atomic E-state index is 13.1. The number of rotatable bonds is 13. The lowest BCUT2D eigenvalue weighted by atomic mass is 9.99. The van der Waals surface area contributed by atoms with Gasteiger partial charge in [0.2, 0.25) is 0 Å². The Kier molecular flexibility index (Phi) is 10.1. The number of nitrogens with zero attached hydrogens (tertiary/aromatic N) is 8. The molecule has 0 aliphatic carbocycles. The van der Waals surface area contributed by atoms with Gasteiger partial charge in [-0.3, -0.25) is 20.2 Å². The van der Waals surface area contributed by atoms with Gasteiger partial charge >= 0.3 is 12.1 Å². The molecule has 2 aromatic heterocycles. The fourth-order valence-electron chi connectivity index (χ4n) is 3.93. The number of alkyl carbamates (subject to hydrolysis) is 1. The number of nitro groups is 2. The first kappa shape index (κ1) is 32.2. The summed E-state index contributed by atoms with van der Waals surface area (Å²) in [5.41, 5.74) is 1.87. The molecule has 0 saturated heterocycles. The largest absolute Gasteiger partial charge is 0.457 e. The van der Waals surface area contributed by atoms with Crippen molar-refractivity contribution in [2.75, 3.05) is 6.61 Å². The van der Waals surface area contributed by atoms with Crippen LogP contribution in [0.3, 0.4) is 0 Å². The van der Waals surface area contributed by atoms with Crippen LogP contribution in [0.1, 0.15) is 43.3 Å². The van der Waals surface area contributed by atoms with Gasteiger partial charge in [-0.1, -0.05) is 55.5 Å². The molecule has 2 heterocycles. The topological polar surface area (TPSA) is 212 Å². The van der Waals surface area contributed by atoms with Crippen LogP contribution in [0.5, 0.6) is 0 Å². The summed E-state index contributed by atoms with van der Waals surface area (Å²) < 4.78 is 13.7. The molecule has 4 aromatic rings. The number of benzene rings is 2. The highest BCUT2D eigenvalue weighted by molar-refractivity contribution is 5.81. The Morgan fingerprint density at radius 2 is 1.31 bits per heavy atom. The minimum Gasteiger partial charge on any atom is -0.457 e. The number of aromatic nitrogens is 6. The molecule has 0 aliphatic heterocycles. The molecule has 4 rings (SSSR count). The smallest absolute Gasteiger partial charge is 0.407 e. The number of ether oxygens (including phenoxy) is 2. The van der Waals surface area contributed by atoms with Crippen molar-refractivity contribution in [3.05, 3.63) is 104 Å². The van der Waals surface area contributed by atoms with Crippen LogP contribution in [0.4, 0.5) is 16.2 Å². The van der Waals surface area contributed by atoms with Crippen LogP contribution in [0.2, 0.25) is 0 Å². The number of carbonyl (C=O) groups is 2. The summed E-state index contributed by atoms with van der Waals surface area (Å²) in [7, 11) is 0. The Morgan fingerprint density at radius 3 is 1.80 bits per heavy atom. The summed E-state index contributed by atoms with van der Waals surface area (Å²) in [4.78, 5) is 46.4. The molecule has 236 valence electrons. The van der Waals surface area contributed by atoms with Crippen molar-refractivity contribution in [3.63, 3.8) is 0 Å². The molecule has 0 spiro atoms. The normalized spacial score (nSPS) is 11.9. The van der Waals surface area contributed by atoms with Crippen molar-refractivity contribution in [1.82, 2.24) is 35.3 Å². The van der Waals surface area contributed by atoms with Crippen molar-refractivity contribution in [2.45, 2.75) is 52.9 Å². The van der Waals surface area contributed by atoms with Crippen LogP contribution in [-0.4, -0.2) is 64.5 Å². The average molecular weight is 622 g/mol. The van der Waals surface area contributed by atoms with Crippen molar-refractivity contribution in [3.8, 4) is 0 Å². The van der Waals surface area contributed by atoms with Gasteiger partial charge in [-0.15, -0.1) is 10.2 Å². The van der Waals surface area contributed by atoms with Gasteiger partial charge in [-0.25, -0.2) is 19.0 Å². The van der Waals surface area contributed by atoms with E-state index in [2.05, 4.69) is 25.9 Å². The van der Waals surface area contributed by atoms with Gasteiger partial charge in [0.25, 0.3) is 11.4 Å². The number of amides is 1. The first-order valence-corrected chi connectivity index (χ1v) is 13.7. The molecule has 0 bridgehead atoms. The maximum Gasteiger partial charge on any atom is 0.407 e. The second kappa shape index (κ2) is 14.2. The van der Waals surface area contributed by atoms with Gasteiger partial charge in [0.15, 0.2) is 0 Å². The van der Waals surface area contributed by atoms with Gasteiger partial charge < -0.3 is 14.8 Å². The van der Waals surface area contributed by atoms with Gasteiger partial charge in [0, 0.05) is 36.9 Å². The van der Waals surface area contributed by atoms with E-state index >= 15 is 0 Å². The monoisotopic (exact) mass is 621 g/mol. The molecule has 0 aliphatic rings. The molecule has 0 saturated carbocycles. The molecule has 1 N–H and O–H groups in total. The van der Waals surface area contributed by atoms with E-state index in [1.807, 2.05) is 20.8 Å². The lowest BCUT2D eigenvalue weighted by molar-refractivity contribution is -0.385. The Balaban J connectivity index is 1.38. The third-order valence-electron chi connectivity index (χ3n) is 6.14. The molecule has 0 radical (unpaired) electrons. The summed E-state index contributed by atoms with van der Waals surface area (Å²) in [5, 5.41) is 40.4. The Labute approximate surface area is 256 Å². The van der Waals surface area contributed by atoms with E-state index in [0.29, 0.717) is 11.4 Å². The molecular weight excluding hydrogens is 590 g/mol. The molecule has 1 atom stereocenters. The van der Waals surface area contributed by atoms with Crippen LogP contribution in [0, 0.1) is 25.6 Å². The van der Waals surface area contributed by atoms with Crippen molar-refractivity contribution < 1.29 is 28.9 Å². The van der Waals surface area contributed by atoms with Gasteiger partial charge in [0.05, 0.1) is 41.4 Å². The van der Waals surface area contributed by atoms with E-state index in [0.717, 1.165) is 11.1 Å². The van der Waals surface area contributed by atoms with E-state index in [1.54, 1.807) is 36.7 Å². The second-order valence-electron chi connectivity index (χ2n) is 11.3. The van der Waals surface area contributed by atoms with E-state index in [1.165, 1.54) is 33.6 Å². The summed E-state index contributed by atoms with van der Waals surface area (Å²) >= 11 is 0. The maximum atomic E-state index is 13.1. The van der Waals surface area contributed by atoms with Crippen LogP contribution in [0.15, 0.2) is 60.9 Å². The number of non-ortho nitro benzene ring substituents is 2. The van der Waals surface area contributed by atoms with E-state index in [4.69, 9.17) is 9.47 Å². The van der Waals surface area contributed by atoms with E-state index in [-0.39, 0.29) is 49.5 Å². The number of hydrogen-bond acceptors (Lipinski definition) is 12. The van der Waals surface area contributed by atoms with E-state index in [9.17, 15) is 29.8 Å². The molecule has 17 nitrogen and oxygen atoms in total. The summed E-state index contributed by atoms with van der Waals surface area (Å²) in [5.74, 6) is -0.766. The Morgan fingerprint density at radius 1 is 0.822 bits per heavy atom. The molecule has 1 amide bonds. The van der Waals surface area contributed by atoms with Crippen LogP contribution < -0.4 is 5.32 Å². The van der Waals surface area contributed by atoms with Crippen molar-refractivity contribution in [1.29, 1.82) is 0 Å². The zero-order chi connectivity index (χ0) is 32.6. The third-order valence-corrected chi connectivity index (χ3v) is 6.14. The number of nitrogens with one attached hydrogen (secondary N) is 1. The number of nitro benzene ring substituents is 2. The number of esters is 1. The minimum absolute atomic E-state index is 0.0255. The van der Waals surface area contributed by atoms with Crippen molar-refractivity contribution in [2.24, 2.45) is 5.41 Å². The fraction of sp³-hybridized carbons (Fsp3) is 0.357. The molecule has 2 aromatic carbocycles. The predicted molar refractivity (Wildman–Crippen MR) is 156 cm³/mol. The van der Waals surface area contributed by atoms with Crippen LogP contribution >= 0.6 is 0 Å². The third kappa shape index (κ3) is 9.91. The quantitative estimate of drug-likeness (QED) is 0.129. The summed E-state index contributed by atoms with van der Waals surface area (Å²) in [6, 6.07) is 10.8. The molecule has 0 unspecified atom stereocenters. The lowest BCUT2D eigenvalue weighted by Gasteiger charge is -2.20. The zero-order valence-electron chi connectivity index (χ0n) is 24.7. The predicted octanol–water partition coefficient (Wildman–Crippen LogP) is 3.21. The van der Waals surface area contributed by atoms with Gasteiger partial charge in [-0.2, -0.15) is 0 Å². The van der Waals surface area contributed by atoms with E-state index < -0.39 is 28.0 Å². The molecular formula is C28H31N9O8. The Bertz CT molecular complexity index is 1640. The average Bonchev–Trinajstić information content (AvgIpc) is 3.63. The Hall–Kier alpha value is -5.74. The standard InChI is InChI=1S/C28H31N9O8/c1-28(2,3)18-45-27(39)29-25(12-21-15-34(32-30-21)13-19-4-8-23(9-5-19)36(40)41)26(38)44-17-22-16-35(33-31-22)14-20-6-10-24(11-7-20)37(42)43/h4-11,15-16,25H,12-14,17-18H2,1-3H3,(H,29,39)/t25-/m1/s1. The molecule has 45 heavy (non-hydrogen) atoms. The SMILES string of the molecule is CC(C)(C)COC(=O)N[C@H](Cc1cn(Cc2ccc([N+](=O)[O-])cc2)nn1)C(=O)OCc1cn(Cc2ccc([N+](=O)[O-])cc2)nn1. The van der Waals surface area contributed by atoms with Crippen LogP contribution in [-0.2, 0) is 40.4 Å². The molecule has 0 fully saturated rings. The highest BCUT2D eigenvalue weighted by Crippen LogP contribution is 2.15. The zero-order valence-corrected chi connectivity index (χ0v) is 24.7. The van der Waals surface area contributed by atoms with Gasteiger partial charge in [-0.05, 0) is 16.5 Å². The lowest BCUT2D eigenvalue weighted by Crippen LogP contribution is -2.44. The van der Waals surface area contributed by atoms with Crippen LogP contribution in [0.25, 0.3) is 0 Å². The summed E-state index contributed by atoms with van der Waals surface area (Å²) in [6.07, 6.45) is 2.29. The highest BCUT2D eigenvalue weighted by atomic mass is 16.6. The highest BCUT2D eigenvalue weighted by Gasteiger charge is 2.26. The van der Waals surface area contributed by atoms with Crippen molar-refractivity contribution >= 4 is 23.4 Å². The first-order valence-electron chi connectivity index (χ1n) is 13.7. The second-order valence-corrected chi connectivity index (χ2v) is 11.3. The summed E-state index contributed by atoms with van der Waals surface area (Å²) in [6.45, 7) is 6.12. The molecule has 17 heteroatoms. The first-order chi connectivity index (χ1) is 21.3. The minimum atomic E-state index is -1.17. The van der Waals surface area contributed by atoms with Gasteiger partial charge in [0.1, 0.15) is 18.3 Å². The fourth-order valence-corrected chi connectivity index (χ4v) is 3.93.